The standard InChI is InChI=1S/C14H12ClN3O3/c1-8-2-3-9(6-11(8)16)14(19)17-12-5-4-10(15)7-13(12)18(20)21/h2-7H,16H2,1H3,(H,17,19). The summed E-state index contributed by atoms with van der Waals surface area (Å²) in [6.07, 6.45) is 0. The lowest BCUT2D eigenvalue weighted by Crippen LogP contribution is -2.13. The number of nitrogens with one attached hydrogen (secondary N) is 1. The molecule has 0 spiro atoms. The van der Waals surface area contributed by atoms with Crippen molar-refractivity contribution in [3.05, 3.63) is 62.7 Å². The van der Waals surface area contributed by atoms with Gasteiger partial charge in [0.25, 0.3) is 11.6 Å². The lowest BCUT2D eigenvalue weighted by atomic mass is 10.1. The summed E-state index contributed by atoms with van der Waals surface area (Å²) in [5.41, 5.74) is 7.21. The maximum absolute atomic E-state index is 12.1. The first kappa shape index (κ1) is 14.8. The molecule has 0 aromatic heterocycles. The van der Waals surface area contributed by atoms with Gasteiger partial charge in [-0.15, -0.1) is 0 Å². The number of rotatable bonds is 3. The number of amides is 1. The predicted octanol–water partition coefficient (Wildman–Crippen LogP) is 3.39. The van der Waals surface area contributed by atoms with E-state index in [0.29, 0.717) is 11.3 Å². The van der Waals surface area contributed by atoms with Crippen molar-refractivity contribution in [3.8, 4) is 0 Å². The second kappa shape index (κ2) is 5.80. The quantitative estimate of drug-likeness (QED) is 0.516. The van der Waals surface area contributed by atoms with Crippen LogP contribution < -0.4 is 11.1 Å². The second-order valence-corrected chi connectivity index (χ2v) is 4.88. The van der Waals surface area contributed by atoms with Gasteiger partial charge >= 0.3 is 0 Å². The summed E-state index contributed by atoms with van der Waals surface area (Å²) < 4.78 is 0. The van der Waals surface area contributed by atoms with E-state index in [4.69, 9.17) is 17.3 Å². The van der Waals surface area contributed by atoms with Crippen molar-refractivity contribution in [2.24, 2.45) is 0 Å². The Morgan fingerprint density at radius 1 is 1.29 bits per heavy atom. The summed E-state index contributed by atoms with van der Waals surface area (Å²) in [5, 5.41) is 13.7. The Balaban J connectivity index is 2.31. The Labute approximate surface area is 125 Å². The molecule has 0 heterocycles. The van der Waals surface area contributed by atoms with Gasteiger partial charge in [-0.1, -0.05) is 17.7 Å². The molecule has 0 fully saturated rings. The summed E-state index contributed by atoms with van der Waals surface area (Å²) in [5.74, 6) is -0.480. The first-order valence-electron chi connectivity index (χ1n) is 6.00. The lowest BCUT2D eigenvalue weighted by molar-refractivity contribution is -0.383. The zero-order valence-corrected chi connectivity index (χ0v) is 11.8. The molecule has 0 aliphatic rings. The van der Waals surface area contributed by atoms with E-state index < -0.39 is 10.8 Å². The van der Waals surface area contributed by atoms with Gasteiger partial charge < -0.3 is 11.1 Å². The Morgan fingerprint density at radius 2 is 2.00 bits per heavy atom. The van der Waals surface area contributed by atoms with Gasteiger partial charge in [0, 0.05) is 22.3 Å². The normalized spacial score (nSPS) is 10.2. The molecule has 0 saturated carbocycles. The molecule has 108 valence electrons. The molecular formula is C14H12ClN3O3. The first-order valence-corrected chi connectivity index (χ1v) is 6.37. The van der Waals surface area contributed by atoms with Crippen LogP contribution in [0.5, 0.6) is 0 Å². The number of carbonyl (C=O) groups excluding carboxylic acids is 1. The first-order chi connectivity index (χ1) is 9.88. The maximum atomic E-state index is 12.1. The number of nitrogens with zero attached hydrogens (tertiary/aromatic N) is 1. The van der Waals surface area contributed by atoms with Crippen molar-refractivity contribution in [2.45, 2.75) is 6.92 Å². The van der Waals surface area contributed by atoms with Crippen LogP contribution >= 0.6 is 11.6 Å². The smallest absolute Gasteiger partial charge is 0.294 e. The zero-order chi connectivity index (χ0) is 15.6. The highest BCUT2D eigenvalue weighted by molar-refractivity contribution is 6.31. The fourth-order valence-electron chi connectivity index (χ4n) is 1.74. The summed E-state index contributed by atoms with van der Waals surface area (Å²) in [7, 11) is 0. The Morgan fingerprint density at radius 3 is 2.62 bits per heavy atom. The van der Waals surface area contributed by atoms with Gasteiger partial charge in [-0.2, -0.15) is 0 Å². The highest BCUT2D eigenvalue weighted by Gasteiger charge is 2.17. The van der Waals surface area contributed by atoms with Gasteiger partial charge in [0.1, 0.15) is 5.69 Å². The molecule has 0 atom stereocenters. The summed E-state index contributed by atoms with van der Waals surface area (Å²) in [4.78, 5) is 22.5. The predicted molar refractivity (Wildman–Crippen MR) is 81.7 cm³/mol. The van der Waals surface area contributed by atoms with Crippen LogP contribution in [0.2, 0.25) is 5.02 Å². The number of benzene rings is 2. The van der Waals surface area contributed by atoms with E-state index >= 15 is 0 Å². The van der Waals surface area contributed by atoms with Crippen LogP contribution in [0.25, 0.3) is 0 Å². The van der Waals surface area contributed by atoms with Gasteiger partial charge in [0.15, 0.2) is 0 Å². The van der Waals surface area contributed by atoms with Crippen LogP contribution in [0.15, 0.2) is 36.4 Å². The van der Waals surface area contributed by atoms with Crippen LogP contribution in [-0.4, -0.2) is 10.8 Å². The van der Waals surface area contributed by atoms with Crippen LogP contribution in [0, 0.1) is 17.0 Å². The third-order valence-electron chi connectivity index (χ3n) is 2.95. The largest absolute Gasteiger partial charge is 0.398 e. The summed E-state index contributed by atoms with van der Waals surface area (Å²) in [6, 6.07) is 8.86. The molecule has 21 heavy (non-hydrogen) atoms. The van der Waals surface area contributed by atoms with Gasteiger partial charge in [-0.3, -0.25) is 14.9 Å². The van der Waals surface area contributed by atoms with Gasteiger partial charge in [0.05, 0.1) is 4.92 Å². The number of nitro benzene ring substituents is 1. The van der Waals surface area contributed by atoms with Gasteiger partial charge in [0.2, 0.25) is 0 Å². The van der Waals surface area contributed by atoms with Crippen molar-refractivity contribution < 1.29 is 9.72 Å². The third-order valence-corrected chi connectivity index (χ3v) is 3.18. The second-order valence-electron chi connectivity index (χ2n) is 4.44. The number of nitrogen functional groups attached to an aromatic ring is 1. The summed E-state index contributed by atoms with van der Waals surface area (Å²) in [6.45, 7) is 1.82. The Hall–Kier alpha value is -2.60. The van der Waals surface area contributed by atoms with Crippen molar-refractivity contribution in [3.63, 3.8) is 0 Å². The molecule has 2 aromatic rings. The number of nitro groups is 1. The van der Waals surface area contributed by atoms with E-state index in [2.05, 4.69) is 5.32 Å². The van der Waals surface area contributed by atoms with Gasteiger partial charge in [-0.25, -0.2) is 0 Å². The lowest BCUT2D eigenvalue weighted by Gasteiger charge is -2.08. The molecule has 6 nitrogen and oxygen atoms in total. The average Bonchev–Trinajstić information content (AvgIpc) is 2.43. The molecule has 0 unspecified atom stereocenters. The number of anilines is 2. The number of hydrogen-bond donors (Lipinski definition) is 2. The van der Waals surface area contributed by atoms with Crippen LogP contribution in [0.1, 0.15) is 15.9 Å². The minimum atomic E-state index is -0.606. The topological polar surface area (TPSA) is 98.3 Å². The molecule has 0 bridgehead atoms. The third kappa shape index (κ3) is 3.29. The van der Waals surface area contributed by atoms with Crippen LogP contribution in [-0.2, 0) is 0 Å². The van der Waals surface area contributed by atoms with Crippen molar-refractivity contribution >= 4 is 34.6 Å². The van der Waals surface area contributed by atoms with Gasteiger partial charge in [-0.05, 0) is 36.8 Å². The average molecular weight is 306 g/mol. The molecule has 0 saturated heterocycles. The molecule has 2 aromatic carbocycles. The van der Waals surface area contributed by atoms with E-state index in [1.165, 1.54) is 24.3 Å². The molecule has 0 aliphatic heterocycles. The van der Waals surface area contributed by atoms with E-state index in [0.717, 1.165) is 5.56 Å². The van der Waals surface area contributed by atoms with Crippen LogP contribution in [0.4, 0.5) is 17.1 Å². The fourth-order valence-corrected chi connectivity index (χ4v) is 1.90. The van der Waals surface area contributed by atoms with E-state index in [9.17, 15) is 14.9 Å². The highest BCUT2D eigenvalue weighted by atomic mass is 35.5. The molecule has 1 amide bonds. The van der Waals surface area contributed by atoms with Crippen LogP contribution in [0.3, 0.4) is 0 Å². The molecule has 3 N–H and O–H groups in total. The number of carbonyl (C=O) groups is 1. The van der Waals surface area contributed by atoms with Crippen molar-refractivity contribution in [1.82, 2.24) is 0 Å². The Kier molecular flexibility index (Phi) is 4.09. The van der Waals surface area contributed by atoms with Crippen molar-refractivity contribution in [1.29, 1.82) is 0 Å². The van der Waals surface area contributed by atoms with Crippen molar-refractivity contribution in [2.75, 3.05) is 11.1 Å². The number of nitrogens with two attached hydrogens (primary N) is 1. The molecule has 2 rings (SSSR count). The maximum Gasteiger partial charge on any atom is 0.294 e. The van der Waals surface area contributed by atoms with E-state index in [-0.39, 0.29) is 16.4 Å². The molecule has 0 aliphatic carbocycles. The highest BCUT2D eigenvalue weighted by Crippen LogP contribution is 2.28. The van der Waals surface area contributed by atoms with E-state index in [1.807, 2.05) is 6.92 Å². The number of hydrogen-bond acceptors (Lipinski definition) is 4. The number of aryl methyl sites for hydroxylation is 1. The minimum absolute atomic E-state index is 0.0774. The fraction of sp³-hybridized carbons (Fsp3) is 0.0714. The minimum Gasteiger partial charge on any atom is -0.398 e. The SMILES string of the molecule is Cc1ccc(C(=O)Nc2ccc(Cl)cc2[N+](=O)[O-])cc1N. The number of halogens is 1. The summed E-state index contributed by atoms with van der Waals surface area (Å²) >= 11 is 5.72. The zero-order valence-electron chi connectivity index (χ0n) is 11.1. The Bertz CT molecular complexity index is 731. The van der Waals surface area contributed by atoms with E-state index in [1.54, 1.807) is 12.1 Å². The molecular weight excluding hydrogens is 294 g/mol. The molecule has 7 heteroatoms. The monoisotopic (exact) mass is 305 g/mol. The molecule has 0 radical (unpaired) electrons.